The molecule has 124 valence electrons. The predicted octanol–water partition coefficient (Wildman–Crippen LogP) is 1.15. The van der Waals surface area contributed by atoms with Crippen LogP contribution in [0.4, 0.5) is 5.69 Å². The van der Waals surface area contributed by atoms with Crippen LogP contribution in [0.3, 0.4) is 0 Å². The minimum absolute atomic E-state index is 0.0271. The van der Waals surface area contributed by atoms with Gasteiger partial charge in [-0.1, -0.05) is 12.1 Å². The molecule has 0 unspecified atom stereocenters. The summed E-state index contributed by atoms with van der Waals surface area (Å²) in [6, 6.07) is 6.83. The van der Waals surface area contributed by atoms with E-state index in [1.54, 1.807) is 38.4 Å². The zero-order chi connectivity index (χ0) is 17.4. The third-order valence-electron chi connectivity index (χ3n) is 2.85. The third-order valence-corrected chi connectivity index (χ3v) is 3.05. The molecule has 0 saturated carbocycles. The Morgan fingerprint density at radius 2 is 1.83 bits per heavy atom. The molecular formula is C15H19N3O4S. The van der Waals surface area contributed by atoms with Gasteiger partial charge in [-0.25, -0.2) is 0 Å². The van der Waals surface area contributed by atoms with Crippen LogP contribution in [-0.2, 0) is 14.3 Å². The average Bonchev–Trinajstić information content (AvgIpc) is 2.52. The summed E-state index contributed by atoms with van der Waals surface area (Å²) in [6.07, 6.45) is -0.0621. The van der Waals surface area contributed by atoms with E-state index in [2.05, 4.69) is 15.4 Å². The molecule has 2 N–H and O–H groups in total. The molecule has 2 amide bonds. The molecule has 0 aliphatic carbocycles. The molecule has 0 spiro atoms. The van der Waals surface area contributed by atoms with Crippen LogP contribution in [0.25, 0.3) is 0 Å². The van der Waals surface area contributed by atoms with Crippen molar-refractivity contribution in [1.29, 1.82) is 0 Å². The highest BCUT2D eigenvalue weighted by Crippen LogP contribution is 2.16. The Morgan fingerprint density at radius 1 is 1.17 bits per heavy atom. The SMILES string of the molecule is COC(=O)CCC(=O)NC(=S)Nc1ccccc1C(=O)N(C)C. The van der Waals surface area contributed by atoms with Gasteiger partial charge in [-0.3, -0.25) is 14.4 Å². The minimum atomic E-state index is -0.471. The number of thiocarbonyl (C=S) groups is 1. The van der Waals surface area contributed by atoms with Gasteiger partial charge in [0.1, 0.15) is 0 Å². The van der Waals surface area contributed by atoms with Crippen molar-refractivity contribution >= 4 is 40.8 Å². The summed E-state index contributed by atoms with van der Waals surface area (Å²) in [5.74, 6) is -1.07. The van der Waals surface area contributed by atoms with Gasteiger partial charge in [0, 0.05) is 20.5 Å². The molecule has 8 heteroatoms. The maximum Gasteiger partial charge on any atom is 0.306 e. The van der Waals surface area contributed by atoms with Gasteiger partial charge in [0.05, 0.1) is 24.8 Å². The van der Waals surface area contributed by atoms with Crippen LogP contribution in [0.2, 0.25) is 0 Å². The van der Waals surface area contributed by atoms with Crippen molar-refractivity contribution in [2.75, 3.05) is 26.5 Å². The maximum absolute atomic E-state index is 12.1. The highest BCUT2D eigenvalue weighted by molar-refractivity contribution is 7.80. The van der Waals surface area contributed by atoms with E-state index >= 15 is 0 Å². The fourth-order valence-electron chi connectivity index (χ4n) is 1.68. The number of ether oxygens (including phenoxy) is 1. The summed E-state index contributed by atoms with van der Waals surface area (Å²) in [6.45, 7) is 0. The van der Waals surface area contributed by atoms with Crippen LogP contribution in [-0.4, -0.2) is 49.0 Å². The lowest BCUT2D eigenvalue weighted by Gasteiger charge is -2.16. The van der Waals surface area contributed by atoms with E-state index in [1.165, 1.54) is 12.0 Å². The van der Waals surface area contributed by atoms with Crippen LogP contribution in [0.15, 0.2) is 24.3 Å². The van der Waals surface area contributed by atoms with E-state index in [4.69, 9.17) is 12.2 Å². The number of anilines is 1. The van der Waals surface area contributed by atoms with Gasteiger partial charge in [0.25, 0.3) is 5.91 Å². The number of hydrogen-bond donors (Lipinski definition) is 2. The molecule has 1 rings (SSSR count). The standard InChI is InChI=1S/C15H19N3O4S/c1-18(2)14(21)10-6-4-5-7-11(10)16-15(23)17-12(19)8-9-13(20)22-3/h4-7H,8-9H2,1-3H3,(H2,16,17,19,23). The predicted molar refractivity (Wildman–Crippen MR) is 90.1 cm³/mol. The van der Waals surface area contributed by atoms with Gasteiger partial charge in [0.2, 0.25) is 5.91 Å². The van der Waals surface area contributed by atoms with Crippen molar-refractivity contribution < 1.29 is 19.1 Å². The van der Waals surface area contributed by atoms with E-state index in [-0.39, 0.29) is 23.9 Å². The molecule has 0 aliphatic rings. The second-order valence-corrected chi connectivity index (χ2v) is 5.23. The molecule has 0 radical (unpaired) electrons. The number of rotatable bonds is 5. The monoisotopic (exact) mass is 337 g/mol. The Labute approximate surface area is 140 Å². The molecule has 0 aromatic heterocycles. The first-order chi connectivity index (χ1) is 10.8. The highest BCUT2D eigenvalue weighted by atomic mass is 32.1. The number of hydrogen-bond acceptors (Lipinski definition) is 5. The van der Waals surface area contributed by atoms with E-state index < -0.39 is 11.9 Å². The minimum Gasteiger partial charge on any atom is -0.469 e. The molecule has 1 aromatic rings. The summed E-state index contributed by atoms with van der Waals surface area (Å²) in [5, 5.41) is 5.32. The zero-order valence-corrected chi connectivity index (χ0v) is 14.0. The quantitative estimate of drug-likeness (QED) is 0.619. The van der Waals surface area contributed by atoms with Crippen molar-refractivity contribution in [1.82, 2.24) is 10.2 Å². The molecule has 1 aromatic carbocycles. The summed E-state index contributed by atoms with van der Waals surface area (Å²) in [5.41, 5.74) is 0.924. The third kappa shape index (κ3) is 6.03. The molecule has 0 saturated heterocycles. The largest absolute Gasteiger partial charge is 0.469 e. The van der Waals surface area contributed by atoms with Gasteiger partial charge in [-0.05, 0) is 24.4 Å². The lowest BCUT2D eigenvalue weighted by atomic mass is 10.1. The molecule has 0 bridgehead atoms. The molecular weight excluding hydrogens is 318 g/mol. The van der Waals surface area contributed by atoms with E-state index in [9.17, 15) is 14.4 Å². The number of nitrogens with one attached hydrogen (secondary N) is 2. The number of methoxy groups -OCH3 is 1. The molecule has 0 heterocycles. The Balaban J connectivity index is 2.66. The molecule has 0 aliphatic heterocycles. The number of benzene rings is 1. The molecule has 23 heavy (non-hydrogen) atoms. The lowest BCUT2D eigenvalue weighted by Crippen LogP contribution is -2.35. The van der Waals surface area contributed by atoms with Gasteiger partial charge in [-0.2, -0.15) is 0 Å². The van der Waals surface area contributed by atoms with Gasteiger partial charge in [-0.15, -0.1) is 0 Å². The van der Waals surface area contributed by atoms with Crippen molar-refractivity contribution in [3.63, 3.8) is 0 Å². The van der Waals surface area contributed by atoms with E-state index in [0.29, 0.717) is 11.3 Å². The summed E-state index contributed by atoms with van der Waals surface area (Å²) in [4.78, 5) is 36.2. The first-order valence-corrected chi connectivity index (χ1v) is 7.24. The fourth-order valence-corrected chi connectivity index (χ4v) is 1.90. The Hall–Kier alpha value is -2.48. The molecule has 7 nitrogen and oxygen atoms in total. The van der Waals surface area contributed by atoms with Crippen LogP contribution >= 0.6 is 12.2 Å². The number of nitrogens with zero attached hydrogens (tertiary/aromatic N) is 1. The van der Waals surface area contributed by atoms with Crippen LogP contribution in [0.1, 0.15) is 23.2 Å². The topological polar surface area (TPSA) is 87.7 Å². The highest BCUT2D eigenvalue weighted by Gasteiger charge is 2.14. The lowest BCUT2D eigenvalue weighted by molar-refractivity contribution is -0.142. The second kappa shape index (κ2) is 8.84. The number of para-hydroxylation sites is 1. The zero-order valence-electron chi connectivity index (χ0n) is 13.2. The normalized spacial score (nSPS) is 9.70. The first kappa shape index (κ1) is 18.6. The Kier molecular flexibility index (Phi) is 7.14. The fraction of sp³-hybridized carbons (Fsp3) is 0.333. The van der Waals surface area contributed by atoms with E-state index in [1.807, 2.05) is 0 Å². The summed E-state index contributed by atoms with van der Waals surface area (Å²) < 4.78 is 4.46. The Bertz CT molecular complexity index is 616. The smallest absolute Gasteiger partial charge is 0.306 e. The van der Waals surface area contributed by atoms with Gasteiger partial charge < -0.3 is 20.3 Å². The van der Waals surface area contributed by atoms with Crippen molar-refractivity contribution in [3.05, 3.63) is 29.8 Å². The van der Waals surface area contributed by atoms with Crippen LogP contribution in [0, 0.1) is 0 Å². The number of carbonyl (C=O) groups is 3. The van der Waals surface area contributed by atoms with Crippen LogP contribution < -0.4 is 10.6 Å². The average molecular weight is 337 g/mol. The van der Waals surface area contributed by atoms with Crippen LogP contribution in [0.5, 0.6) is 0 Å². The summed E-state index contributed by atoms with van der Waals surface area (Å²) in [7, 11) is 4.54. The number of esters is 1. The Morgan fingerprint density at radius 3 is 2.43 bits per heavy atom. The van der Waals surface area contributed by atoms with Gasteiger partial charge in [0.15, 0.2) is 5.11 Å². The van der Waals surface area contributed by atoms with Gasteiger partial charge >= 0.3 is 5.97 Å². The number of carbonyl (C=O) groups excluding carboxylic acids is 3. The molecule has 0 fully saturated rings. The molecule has 0 atom stereocenters. The van der Waals surface area contributed by atoms with Crippen molar-refractivity contribution in [2.24, 2.45) is 0 Å². The summed E-state index contributed by atoms with van der Waals surface area (Å²) >= 11 is 5.05. The first-order valence-electron chi connectivity index (χ1n) is 6.83. The van der Waals surface area contributed by atoms with Crippen molar-refractivity contribution in [2.45, 2.75) is 12.8 Å². The second-order valence-electron chi connectivity index (χ2n) is 4.82. The van der Waals surface area contributed by atoms with Crippen molar-refractivity contribution in [3.8, 4) is 0 Å². The number of amides is 2. The van der Waals surface area contributed by atoms with E-state index in [0.717, 1.165) is 0 Å². The maximum atomic E-state index is 12.1.